The zero-order valence-electron chi connectivity index (χ0n) is 22.5. The summed E-state index contributed by atoms with van der Waals surface area (Å²) < 4.78 is 139. The van der Waals surface area contributed by atoms with E-state index in [1.807, 2.05) is 6.92 Å². The average Bonchev–Trinajstić information content (AvgIpc) is 2.94. The zero-order valence-corrected chi connectivity index (χ0v) is 22.5. The van der Waals surface area contributed by atoms with Gasteiger partial charge in [-0.15, -0.1) is 0 Å². The van der Waals surface area contributed by atoms with Gasteiger partial charge >= 0.3 is 35.5 Å². The molecule has 14 heteroatoms. The maximum Gasteiger partial charge on any atom is 0.417 e. The smallest absolute Gasteiger partial charge is 0.417 e. The molecule has 0 amide bonds. The highest BCUT2D eigenvalue weighted by atomic mass is 19.4. The summed E-state index contributed by atoms with van der Waals surface area (Å²) in [5.74, 6) is -19.1. The van der Waals surface area contributed by atoms with Crippen LogP contribution in [0.4, 0.5) is 39.5 Å². The van der Waals surface area contributed by atoms with E-state index < -0.39 is 71.2 Å². The van der Waals surface area contributed by atoms with E-state index in [-0.39, 0.29) is 11.0 Å². The fourth-order valence-electron chi connectivity index (χ4n) is 4.01. The van der Waals surface area contributed by atoms with Crippen molar-refractivity contribution in [2.45, 2.75) is 56.6 Å². The van der Waals surface area contributed by atoms with Crippen molar-refractivity contribution in [1.29, 1.82) is 0 Å². The Balaban J connectivity index is 1.87. The summed E-state index contributed by atoms with van der Waals surface area (Å²) >= 11 is 0. The highest BCUT2D eigenvalue weighted by Crippen LogP contribution is 2.46. The Morgan fingerprint density at radius 2 is 1.56 bits per heavy atom. The lowest BCUT2D eigenvalue weighted by atomic mass is 9.95. The molecular formula is C29H25F9O5. The van der Waals surface area contributed by atoms with Crippen LogP contribution >= 0.6 is 0 Å². The highest BCUT2D eigenvalue weighted by Gasteiger charge is 2.72. The summed E-state index contributed by atoms with van der Waals surface area (Å²) in [6, 6.07) is 7.46. The molecule has 0 aliphatic heterocycles. The van der Waals surface area contributed by atoms with Crippen LogP contribution in [0.5, 0.6) is 5.75 Å². The largest absolute Gasteiger partial charge is 0.487 e. The van der Waals surface area contributed by atoms with Crippen LogP contribution in [0.15, 0.2) is 64.3 Å². The van der Waals surface area contributed by atoms with Gasteiger partial charge in [-0.2, -0.15) is 39.5 Å². The molecule has 234 valence electrons. The minimum atomic E-state index is -6.03. The Kier molecular flexibility index (Phi) is 9.92. The van der Waals surface area contributed by atoms with Gasteiger partial charge in [0.2, 0.25) is 0 Å². The summed E-state index contributed by atoms with van der Waals surface area (Å²) in [6.45, 7) is 0.184. The summed E-state index contributed by atoms with van der Waals surface area (Å²) in [5.41, 5.74) is -3.13. The average molecular weight is 624 g/mol. The van der Waals surface area contributed by atoms with Gasteiger partial charge in [0.15, 0.2) is 13.2 Å². The number of esters is 1. The zero-order chi connectivity index (χ0) is 32.2. The van der Waals surface area contributed by atoms with Gasteiger partial charge in [-0.3, -0.25) is 0 Å². The number of carbonyl (C=O) groups is 1. The predicted octanol–water partition coefficient (Wildman–Crippen LogP) is 8.23. The van der Waals surface area contributed by atoms with Crippen molar-refractivity contribution in [3.8, 4) is 16.9 Å². The first-order chi connectivity index (χ1) is 19.9. The van der Waals surface area contributed by atoms with E-state index >= 15 is 0 Å². The van der Waals surface area contributed by atoms with Crippen LogP contribution in [-0.4, -0.2) is 37.0 Å². The molecule has 0 aliphatic carbocycles. The Labute approximate surface area is 238 Å². The van der Waals surface area contributed by atoms with Crippen LogP contribution < -0.4 is 10.4 Å². The molecule has 3 rings (SSSR count). The molecule has 5 nitrogen and oxygen atoms in total. The van der Waals surface area contributed by atoms with Gasteiger partial charge in [0, 0.05) is 23.1 Å². The fourth-order valence-corrected chi connectivity index (χ4v) is 4.01. The number of halogens is 9. The van der Waals surface area contributed by atoms with Crippen molar-refractivity contribution >= 4 is 16.9 Å². The van der Waals surface area contributed by atoms with Crippen LogP contribution in [0.1, 0.15) is 37.3 Å². The number of alkyl halides is 9. The number of ether oxygens (including phenoxy) is 2. The number of carbonyl (C=O) groups excluding carboxylic acids is 1. The highest BCUT2D eigenvalue weighted by molar-refractivity contribution is 5.83. The molecule has 2 aromatic carbocycles. The van der Waals surface area contributed by atoms with Crippen molar-refractivity contribution in [3.05, 3.63) is 76.7 Å². The number of unbranched alkanes of at least 4 members (excludes halogenated alkanes) is 2. The Morgan fingerprint density at radius 3 is 2.19 bits per heavy atom. The molecule has 0 unspecified atom stereocenters. The molecule has 0 radical (unpaired) electrons. The van der Waals surface area contributed by atoms with Gasteiger partial charge in [-0.05, 0) is 42.7 Å². The van der Waals surface area contributed by atoms with Crippen molar-refractivity contribution < 1.29 is 58.2 Å². The molecule has 0 fully saturated rings. The Morgan fingerprint density at radius 1 is 0.884 bits per heavy atom. The lowest BCUT2D eigenvalue weighted by Crippen LogP contribution is -2.58. The minimum absolute atomic E-state index is 0.0229. The van der Waals surface area contributed by atoms with Gasteiger partial charge in [0.05, 0.1) is 11.1 Å². The molecule has 0 saturated carbocycles. The summed E-state index contributed by atoms with van der Waals surface area (Å²) in [6.07, 6.45) is -1.67. The molecular weight excluding hydrogens is 599 g/mol. The van der Waals surface area contributed by atoms with Crippen LogP contribution in [0, 0.1) is 0 Å². The van der Waals surface area contributed by atoms with Crippen molar-refractivity contribution in [3.63, 3.8) is 0 Å². The molecule has 0 bridgehead atoms. The number of hydrogen-bond acceptors (Lipinski definition) is 5. The molecule has 0 spiro atoms. The third-order valence-electron chi connectivity index (χ3n) is 6.36. The fraction of sp³-hybridized carbons (Fsp3) is 0.379. The van der Waals surface area contributed by atoms with Gasteiger partial charge in [0.1, 0.15) is 11.3 Å². The van der Waals surface area contributed by atoms with Crippen molar-refractivity contribution in [1.82, 2.24) is 0 Å². The molecule has 0 aliphatic rings. The molecule has 0 atom stereocenters. The van der Waals surface area contributed by atoms with Gasteiger partial charge in [-0.25, -0.2) is 9.59 Å². The topological polar surface area (TPSA) is 65.7 Å². The van der Waals surface area contributed by atoms with E-state index in [0.717, 1.165) is 49.2 Å². The number of fused-ring (bicyclic) bond motifs is 1. The Hall–Kier alpha value is -3.97. The monoisotopic (exact) mass is 624 g/mol. The molecule has 1 aromatic heterocycles. The normalized spacial score (nSPS) is 12.8. The van der Waals surface area contributed by atoms with E-state index in [0.29, 0.717) is 24.5 Å². The van der Waals surface area contributed by atoms with E-state index in [2.05, 4.69) is 16.1 Å². The van der Waals surface area contributed by atoms with E-state index in [1.54, 1.807) is 0 Å². The molecule has 1 heterocycles. The summed E-state index contributed by atoms with van der Waals surface area (Å²) in [5, 5.41) is 0.0229. The lowest BCUT2D eigenvalue weighted by Gasteiger charge is -2.32. The van der Waals surface area contributed by atoms with Crippen molar-refractivity contribution in [2.75, 3.05) is 13.2 Å². The molecule has 3 aromatic rings. The quantitative estimate of drug-likeness (QED) is 0.0631. The number of hydrogen-bond donors (Lipinski definition) is 0. The number of aryl methyl sites for hydroxylation is 1. The number of rotatable bonds is 13. The van der Waals surface area contributed by atoms with Crippen LogP contribution in [-0.2, 0) is 22.1 Å². The summed E-state index contributed by atoms with van der Waals surface area (Å²) in [7, 11) is 0. The predicted molar refractivity (Wildman–Crippen MR) is 138 cm³/mol. The van der Waals surface area contributed by atoms with E-state index in [1.165, 1.54) is 6.07 Å². The second kappa shape index (κ2) is 12.7. The number of benzene rings is 2. The van der Waals surface area contributed by atoms with Crippen LogP contribution in [0.3, 0.4) is 0 Å². The van der Waals surface area contributed by atoms with E-state index in [9.17, 15) is 49.1 Å². The van der Waals surface area contributed by atoms with Gasteiger partial charge in [-0.1, -0.05) is 38.5 Å². The van der Waals surface area contributed by atoms with Gasteiger partial charge < -0.3 is 13.9 Å². The second-order valence-corrected chi connectivity index (χ2v) is 9.57. The molecule has 0 N–H and O–H groups in total. The van der Waals surface area contributed by atoms with Crippen LogP contribution in [0.2, 0.25) is 0 Å². The molecule has 0 saturated heterocycles. The minimum Gasteiger partial charge on any atom is -0.487 e. The maximum absolute atomic E-state index is 14.2. The first-order valence-corrected chi connectivity index (χ1v) is 12.8. The first-order valence-electron chi connectivity index (χ1n) is 12.8. The van der Waals surface area contributed by atoms with Gasteiger partial charge in [0.25, 0.3) is 0 Å². The Bertz CT molecular complexity index is 1530. The maximum atomic E-state index is 14.2. The summed E-state index contributed by atoms with van der Waals surface area (Å²) in [4.78, 5) is 23.6. The van der Waals surface area contributed by atoms with E-state index in [4.69, 9.17) is 4.42 Å². The first kappa shape index (κ1) is 33.5. The third-order valence-corrected chi connectivity index (χ3v) is 6.36. The second-order valence-electron chi connectivity index (χ2n) is 9.57. The van der Waals surface area contributed by atoms with Crippen molar-refractivity contribution in [2.24, 2.45) is 0 Å². The third kappa shape index (κ3) is 7.52. The standard InChI is InChI=1S/C29H25F9O5/c1-3-5-6-7-17-8-11-20(22(12-17)28(34,35)36)21-13-18-9-10-19(14-23(18)43-25(21)40)41-15-26(30,31)29(37,38)27(32,33)16-42-24(39)4-2/h4,8-14H,2-3,5-7,15-16H2,1H3. The SMILES string of the molecule is C=CC(=O)OCC(F)(F)C(F)(F)C(F)(F)COc1ccc2cc(-c3ccc(CCCCC)cc3C(F)(F)F)c(=O)oc2c1. The van der Waals surface area contributed by atoms with Crippen LogP contribution in [0.25, 0.3) is 22.1 Å². The lowest BCUT2D eigenvalue weighted by molar-refractivity contribution is -0.322. The molecule has 43 heavy (non-hydrogen) atoms.